The Morgan fingerprint density at radius 2 is 2.14 bits per heavy atom. The van der Waals surface area contributed by atoms with E-state index in [1.807, 2.05) is 0 Å². The molecule has 0 aromatic carbocycles. The van der Waals surface area contributed by atoms with E-state index in [4.69, 9.17) is 0 Å². The number of carbonyl (C=O) groups is 1. The minimum absolute atomic E-state index is 0.00974. The van der Waals surface area contributed by atoms with Crippen molar-refractivity contribution in [2.45, 2.75) is 45.3 Å². The van der Waals surface area contributed by atoms with Crippen molar-refractivity contribution in [3.05, 3.63) is 0 Å². The van der Waals surface area contributed by atoms with Gasteiger partial charge in [-0.15, -0.1) is 0 Å². The van der Waals surface area contributed by atoms with Crippen molar-refractivity contribution in [3.63, 3.8) is 0 Å². The van der Waals surface area contributed by atoms with E-state index in [-0.39, 0.29) is 13.0 Å². The molecule has 1 aliphatic rings. The van der Waals surface area contributed by atoms with E-state index < -0.39 is 28.3 Å². The number of esters is 1. The van der Waals surface area contributed by atoms with Crippen molar-refractivity contribution in [1.82, 2.24) is 8.61 Å². The molecule has 0 aromatic heterocycles. The maximum atomic E-state index is 12.6. The van der Waals surface area contributed by atoms with Gasteiger partial charge in [0.15, 0.2) is 0 Å². The molecule has 0 bridgehead atoms. The van der Waals surface area contributed by atoms with Crippen LogP contribution in [0.25, 0.3) is 0 Å². The first kappa shape index (κ1) is 18.3. The van der Waals surface area contributed by atoms with Gasteiger partial charge in [0.2, 0.25) is 0 Å². The Kier molecular flexibility index (Phi) is 6.58. The van der Waals surface area contributed by atoms with Crippen LogP contribution in [0.5, 0.6) is 0 Å². The van der Waals surface area contributed by atoms with Crippen LogP contribution in [0.2, 0.25) is 0 Å². The molecule has 1 N–H and O–H groups in total. The molecule has 3 atom stereocenters. The number of hydrogen-bond acceptors (Lipinski definition) is 5. The van der Waals surface area contributed by atoms with Crippen LogP contribution >= 0.6 is 0 Å². The number of methoxy groups -OCH3 is 1. The Morgan fingerprint density at radius 1 is 1.52 bits per heavy atom. The predicted octanol–water partition coefficient (Wildman–Crippen LogP) is 0.207. The Morgan fingerprint density at radius 3 is 2.67 bits per heavy atom. The van der Waals surface area contributed by atoms with Gasteiger partial charge in [-0.2, -0.15) is 17.0 Å². The number of hydrogen-bond donors (Lipinski definition) is 1. The smallest absolute Gasteiger partial charge is 0.306 e. The monoisotopic (exact) mass is 322 g/mol. The van der Waals surface area contributed by atoms with Gasteiger partial charge in [0, 0.05) is 20.1 Å². The minimum atomic E-state index is -3.68. The molecular weight excluding hydrogens is 296 g/mol. The quantitative estimate of drug-likeness (QED) is 0.706. The zero-order chi connectivity index (χ0) is 16.2. The first-order chi connectivity index (χ1) is 9.70. The molecule has 1 fully saturated rings. The first-order valence-electron chi connectivity index (χ1n) is 7.18. The molecule has 0 aliphatic carbocycles. The van der Waals surface area contributed by atoms with E-state index in [2.05, 4.69) is 11.7 Å². The largest absolute Gasteiger partial charge is 0.469 e. The summed E-state index contributed by atoms with van der Waals surface area (Å²) in [6, 6.07) is -0.417. The van der Waals surface area contributed by atoms with E-state index >= 15 is 0 Å². The molecule has 1 aliphatic heterocycles. The minimum Gasteiger partial charge on any atom is -0.469 e. The number of ether oxygens (including phenoxy) is 1. The number of aliphatic hydroxyl groups excluding tert-OH is 1. The maximum Gasteiger partial charge on any atom is 0.306 e. The zero-order valence-electron chi connectivity index (χ0n) is 13.2. The summed E-state index contributed by atoms with van der Waals surface area (Å²) in [5, 5.41) is 9.87. The molecule has 0 aromatic rings. The van der Waals surface area contributed by atoms with Crippen molar-refractivity contribution >= 4 is 16.2 Å². The van der Waals surface area contributed by atoms with Crippen LogP contribution in [0.15, 0.2) is 0 Å². The zero-order valence-corrected chi connectivity index (χ0v) is 14.0. The van der Waals surface area contributed by atoms with E-state index in [0.717, 1.165) is 10.7 Å². The van der Waals surface area contributed by atoms with E-state index in [1.165, 1.54) is 18.5 Å². The lowest BCUT2D eigenvalue weighted by atomic mass is 9.92. The second-order valence-corrected chi connectivity index (χ2v) is 7.69. The second kappa shape index (κ2) is 7.53. The highest BCUT2D eigenvalue weighted by Crippen LogP contribution is 2.28. The van der Waals surface area contributed by atoms with Crippen molar-refractivity contribution < 1.29 is 23.1 Å². The van der Waals surface area contributed by atoms with Gasteiger partial charge in [-0.25, -0.2) is 0 Å². The van der Waals surface area contributed by atoms with Gasteiger partial charge in [0.1, 0.15) is 0 Å². The average molecular weight is 322 g/mol. The third kappa shape index (κ3) is 4.64. The van der Waals surface area contributed by atoms with Crippen LogP contribution in [0.4, 0.5) is 0 Å². The molecule has 1 rings (SSSR count). The third-order valence-electron chi connectivity index (χ3n) is 3.96. The van der Waals surface area contributed by atoms with Crippen LogP contribution in [0.3, 0.4) is 0 Å². The molecule has 0 spiro atoms. The average Bonchev–Trinajstić information content (AvgIpc) is 2.43. The molecule has 8 heteroatoms. The van der Waals surface area contributed by atoms with Gasteiger partial charge >= 0.3 is 5.97 Å². The number of aliphatic hydroxyl groups is 1. The summed E-state index contributed by atoms with van der Waals surface area (Å²) in [5.74, 6) is -0.0622. The normalized spacial score (nSPS) is 25.8. The number of piperidine rings is 1. The SMILES string of the molecule is COC(=O)CCN(C)S(=O)(=O)N1CC[C@H](C)C[C@H]1[C@@H](C)O. The summed E-state index contributed by atoms with van der Waals surface area (Å²) in [6.07, 6.45) is 0.696. The number of rotatable bonds is 6. The summed E-state index contributed by atoms with van der Waals surface area (Å²) >= 11 is 0. The molecule has 0 amide bonds. The fourth-order valence-electron chi connectivity index (χ4n) is 2.53. The highest BCUT2D eigenvalue weighted by Gasteiger charge is 2.39. The highest BCUT2D eigenvalue weighted by molar-refractivity contribution is 7.86. The summed E-state index contributed by atoms with van der Waals surface area (Å²) in [6.45, 7) is 4.12. The van der Waals surface area contributed by atoms with Crippen molar-refractivity contribution in [2.24, 2.45) is 5.92 Å². The highest BCUT2D eigenvalue weighted by atomic mass is 32.2. The standard InChI is InChI=1S/C13H26N2O5S/c1-10-5-8-15(12(9-10)11(2)16)21(18,19)14(3)7-6-13(17)20-4/h10-12,16H,5-9H2,1-4H3/t10-,11+,12-/m0/s1. The molecule has 1 heterocycles. The lowest BCUT2D eigenvalue weighted by Gasteiger charge is -2.40. The summed E-state index contributed by atoms with van der Waals surface area (Å²) in [7, 11) is -0.975. The van der Waals surface area contributed by atoms with Gasteiger partial charge in [0.25, 0.3) is 10.2 Å². The van der Waals surface area contributed by atoms with E-state index in [9.17, 15) is 18.3 Å². The lowest BCUT2D eigenvalue weighted by Crippen LogP contribution is -2.54. The Bertz CT molecular complexity index is 451. The van der Waals surface area contributed by atoms with Crippen LogP contribution < -0.4 is 0 Å². The van der Waals surface area contributed by atoms with Gasteiger partial charge < -0.3 is 9.84 Å². The van der Waals surface area contributed by atoms with Gasteiger partial charge in [-0.1, -0.05) is 6.92 Å². The van der Waals surface area contributed by atoms with Gasteiger partial charge in [0.05, 0.1) is 25.7 Å². The number of carbonyl (C=O) groups excluding carboxylic acids is 1. The van der Waals surface area contributed by atoms with E-state index in [1.54, 1.807) is 6.92 Å². The lowest BCUT2D eigenvalue weighted by molar-refractivity contribution is -0.140. The Labute approximate surface area is 127 Å². The molecule has 1 saturated heterocycles. The van der Waals surface area contributed by atoms with Gasteiger partial charge in [-0.3, -0.25) is 4.79 Å². The number of nitrogens with zero attached hydrogens (tertiary/aromatic N) is 2. The van der Waals surface area contributed by atoms with E-state index in [0.29, 0.717) is 18.9 Å². The predicted molar refractivity (Wildman–Crippen MR) is 78.8 cm³/mol. The maximum absolute atomic E-state index is 12.6. The molecule has 0 radical (unpaired) electrons. The van der Waals surface area contributed by atoms with Crippen LogP contribution in [0.1, 0.15) is 33.1 Å². The molecule has 0 unspecified atom stereocenters. The summed E-state index contributed by atoms with van der Waals surface area (Å²) in [4.78, 5) is 11.1. The first-order valence-corrected chi connectivity index (χ1v) is 8.57. The summed E-state index contributed by atoms with van der Waals surface area (Å²) < 4.78 is 32.2. The molecule has 7 nitrogen and oxygen atoms in total. The second-order valence-electron chi connectivity index (χ2n) is 5.70. The Balaban J connectivity index is 2.81. The topological polar surface area (TPSA) is 87.2 Å². The van der Waals surface area contributed by atoms with Crippen LogP contribution in [-0.4, -0.2) is 67.5 Å². The summed E-state index contributed by atoms with van der Waals surface area (Å²) in [5.41, 5.74) is 0. The van der Waals surface area contributed by atoms with Crippen molar-refractivity contribution in [1.29, 1.82) is 0 Å². The molecule has 0 saturated carbocycles. The molecule has 124 valence electrons. The fraction of sp³-hybridized carbons (Fsp3) is 0.923. The van der Waals surface area contributed by atoms with Gasteiger partial charge in [-0.05, 0) is 25.7 Å². The van der Waals surface area contributed by atoms with Crippen LogP contribution in [-0.2, 0) is 19.7 Å². The Hall–Kier alpha value is -0.700. The molecular formula is C13H26N2O5S. The molecule has 21 heavy (non-hydrogen) atoms. The van der Waals surface area contributed by atoms with Crippen molar-refractivity contribution in [2.75, 3.05) is 27.2 Å². The third-order valence-corrected chi connectivity index (χ3v) is 5.98. The van der Waals surface area contributed by atoms with Crippen LogP contribution in [0, 0.1) is 5.92 Å². The van der Waals surface area contributed by atoms with Crippen molar-refractivity contribution in [3.8, 4) is 0 Å². The fourth-order valence-corrected chi connectivity index (χ4v) is 4.15.